The molecule has 48 heavy (non-hydrogen) atoms. The molecule has 2 aromatic carbocycles. The molecule has 0 aliphatic carbocycles. The van der Waals surface area contributed by atoms with Gasteiger partial charge in [-0.25, -0.2) is 0 Å². The maximum atomic E-state index is 13.9. The molecule has 15 nitrogen and oxygen atoms in total. The molecule has 1 fully saturated rings. The zero-order valence-electron chi connectivity index (χ0n) is 26.8. The van der Waals surface area contributed by atoms with Crippen molar-refractivity contribution in [2.75, 3.05) is 6.61 Å². The van der Waals surface area contributed by atoms with Crippen LogP contribution in [0, 0.1) is 0 Å². The number of esters is 6. The van der Waals surface area contributed by atoms with E-state index in [2.05, 4.69) is 0 Å². The summed E-state index contributed by atoms with van der Waals surface area (Å²) in [6.07, 6.45) is -6.29. The molecule has 2 heterocycles. The first-order chi connectivity index (χ1) is 22.7. The van der Waals surface area contributed by atoms with Crippen LogP contribution >= 0.6 is 0 Å². The van der Waals surface area contributed by atoms with Crippen molar-refractivity contribution >= 4 is 46.8 Å². The van der Waals surface area contributed by atoms with Crippen molar-refractivity contribution in [3.05, 3.63) is 58.4 Å². The normalized spacial score (nSPS) is 20.2. The average molecular weight is 669 g/mol. The van der Waals surface area contributed by atoms with Crippen LogP contribution in [-0.2, 0) is 52.5 Å². The number of hydrogen-bond donors (Lipinski definition) is 0. The summed E-state index contributed by atoms with van der Waals surface area (Å²) in [5.74, 6) is -4.45. The van der Waals surface area contributed by atoms with E-state index < -0.39 is 78.4 Å². The minimum absolute atomic E-state index is 0.0182. The number of carbonyl (C=O) groups excluding carboxylic acids is 6. The van der Waals surface area contributed by atoms with Gasteiger partial charge in [-0.15, -0.1) is 0 Å². The van der Waals surface area contributed by atoms with Crippen molar-refractivity contribution in [1.82, 2.24) is 0 Å². The Labute approximate surface area is 272 Å². The minimum atomic E-state index is -1.58. The maximum Gasteiger partial charge on any atom is 0.308 e. The van der Waals surface area contributed by atoms with Crippen LogP contribution in [0.25, 0.3) is 22.1 Å². The fourth-order valence-corrected chi connectivity index (χ4v) is 5.25. The maximum absolute atomic E-state index is 13.9. The van der Waals surface area contributed by atoms with Gasteiger partial charge >= 0.3 is 35.8 Å². The van der Waals surface area contributed by atoms with Crippen LogP contribution in [0.3, 0.4) is 0 Å². The van der Waals surface area contributed by atoms with Gasteiger partial charge in [0.25, 0.3) is 0 Å². The molecule has 15 heteroatoms. The molecule has 0 amide bonds. The molecule has 254 valence electrons. The highest BCUT2D eigenvalue weighted by Gasteiger charge is 2.54. The van der Waals surface area contributed by atoms with Gasteiger partial charge < -0.3 is 37.6 Å². The lowest BCUT2D eigenvalue weighted by Gasteiger charge is -2.44. The zero-order chi connectivity index (χ0) is 35.3. The minimum Gasteiger partial charge on any atom is -0.463 e. The second kappa shape index (κ2) is 14.9. The molecule has 1 aromatic heterocycles. The Kier molecular flexibility index (Phi) is 10.9. The SMILES string of the molecule is CC(=O)OCC1O[C@@H](c2c(OC(C)=O)ccc3c(=O)c(-c4ccc(OC(C)=O)cc4)coc23)C(OC(C)=O)C(OC(C)=O)C1OC(C)=O. The summed E-state index contributed by atoms with van der Waals surface area (Å²) in [4.78, 5) is 86.1. The van der Waals surface area contributed by atoms with E-state index in [1.807, 2.05) is 0 Å². The number of ether oxygens (including phenoxy) is 7. The standard InChI is InChI=1S/C33H32O15/c1-15(34)41-14-26-30(45-18(4)37)32(46-19(5)38)33(47-20(6)39)31(48-26)27-25(44-17(3)36)12-11-23-28(40)24(13-42-29(23)27)21-7-9-22(10-8-21)43-16(2)35/h7-13,26,30-33H,14H2,1-6H3/t26?,30?,31-,32?,33?/m0/s1. The fraction of sp³-hybridized carbons (Fsp3) is 0.364. The van der Waals surface area contributed by atoms with E-state index >= 15 is 0 Å². The lowest BCUT2D eigenvalue weighted by Crippen LogP contribution is -2.59. The van der Waals surface area contributed by atoms with E-state index in [0.29, 0.717) is 5.56 Å². The Morgan fingerprint density at radius 1 is 0.667 bits per heavy atom. The number of rotatable bonds is 9. The van der Waals surface area contributed by atoms with Crippen LogP contribution < -0.4 is 14.9 Å². The molecule has 1 aliphatic rings. The number of fused-ring (bicyclic) bond motifs is 1. The van der Waals surface area contributed by atoms with Crippen molar-refractivity contribution in [3.63, 3.8) is 0 Å². The quantitative estimate of drug-likeness (QED) is 0.183. The first kappa shape index (κ1) is 35.3. The van der Waals surface area contributed by atoms with Gasteiger partial charge in [-0.3, -0.25) is 33.6 Å². The van der Waals surface area contributed by atoms with Crippen LogP contribution in [0.2, 0.25) is 0 Å². The molecule has 1 saturated heterocycles. The third kappa shape index (κ3) is 8.22. The Morgan fingerprint density at radius 3 is 1.81 bits per heavy atom. The molecular formula is C33H32O15. The zero-order valence-corrected chi connectivity index (χ0v) is 26.8. The van der Waals surface area contributed by atoms with Crippen molar-refractivity contribution in [3.8, 4) is 22.6 Å². The number of carbonyl (C=O) groups is 6. The largest absolute Gasteiger partial charge is 0.463 e. The summed E-state index contributed by atoms with van der Waals surface area (Å²) in [5.41, 5.74) is -0.254. The number of benzene rings is 2. The van der Waals surface area contributed by atoms with Crippen LogP contribution in [0.5, 0.6) is 11.5 Å². The lowest BCUT2D eigenvalue weighted by atomic mass is 9.89. The summed E-state index contributed by atoms with van der Waals surface area (Å²) in [7, 11) is 0. The molecule has 0 spiro atoms. The van der Waals surface area contributed by atoms with Crippen molar-refractivity contribution in [1.29, 1.82) is 0 Å². The van der Waals surface area contributed by atoms with E-state index in [0.717, 1.165) is 40.9 Å². The molecule has 0 N–H and O–H groups in total. The molecule has 1 aliphatic heterocycles. The van der Waals surface area contributed by atoms with Crippen LogP contribution in [0.15, 0.2) is 51.9 Å². The van der Waals surface area contributed by atoms with Crippen LogP contribution in [0.4, 0.5) is 0 Å². The van der Waals surface area contributed by atoms with E-state index in [9.17, 15) is 33.6 Å². The third-order valence-corrected chi connectivity index (χ3v) is 6.90. The van der Waals surface area contributed by atoms with Gasteiger partial charge in [-0.05, 0) is 29.8 Å². The fourth-order valence-electron chi connectivity index (χ4n) is 5.25. The van der Waals surface area contributed by atoms with E-state index in [1.54, 1.807) is 12.1 Å². The summed E-state index contributed by atoms with van der Waals surface area (Å²) in [6.45, 7) is 6.22. The molecule has 4 unspecified atom stereocenters. The predicted octanol–water partition coefficient (Wildman–Crippen LogP) is 3.11. The predicted molar refractivity (Wildman–Crippen MR) is 161 cm³/mol. The van der Waals surface area contributed by atoms with Gasteiger partial charge in [0.05, 0.1) is 16.5 Å². The molecule has 0 saturated carbocycles. The van der Waals surface area contributed by atoms with Crippen LogP contribution in [-0.4, -0.2) is 66.8 Å². The van der Waals surface area contributed by atoms with Gasteiger partial charge in [0, 0.05) is 41.5 Å². The highest BCUT2D eigenvalue weighted by Crippen LogP contribution is 2.44. The van der Waals surface area contributed by atoms with Crippen molar-refractivity contribution in [2.45, 2.75) is 72.1 Å². The topological polar surface area (TPSA) is 197 Å². The Bertz CT molecular complexity index is 1810. The van der Waals surface area contributed by atoms with Gasteiger partial charge in [0.2, 0.25) is 5.43 Å². The second-order valence-corrected chi connectivity index (χ2v) is 10.7. The lowest BCUT2D eigenvalue weighted by molar-refractivity contribution is -0.254. The second-order valence-electron chi connectivity index (χ2n) is 10.7. The van der Waals surface area contributed by atoms with Gasteiger partial charge in [0.15, 0.2) is 18.3 Å². The van der Waals surface area contributed by atoms with Crippen molar-refractivity contribution < 1.29 is 66.3 Å². The highest BCUT2D eigenvalue weighted by atomic mass is 16.7. The molecule has 3 aromatic rings. The average Bonchev–Trinajstić information content (AvgIpc) is 2.98. The Morgan fingerprint density at radius 2 is 1.25 bits per heavy atom. The summed E-state index contributed by atoms with van der Waals surface area (Å²) in [6, 6.07) is 8.73. The van der Waals surface area contributed by atoms with Crippen molar-refractivity contribution in [2.24, 2.45) is 0 Å². The summed E-state index contributed by atoms with van der Waals surface area (Å²) in [5, 5.41) is -0.0182. The summed E-state index contributed by atoms with van der Waals surface area (Å²) < 4.78 is 44.5. The monoisotopic (exact) mass is 668 g/mol. The number of hydrogen-bond acceptors (Lipinski definition) is 15. The molecule has 5 atom stereocenters. The molecule has 0 bridgehead atoms. The van der Waals surface area contributed by atoms with Gasteiger partial charge in [0.1, 0.15) is 42.2 Å². The van der Waals surface area contributed by atoms with Gasteiger partial charge in [-0.2, -0.15) is 0 Å². The van der Waals surface area contributed by atoms with E-state index in [-0.39, 0.29) is 33.6 Å². The van der Waals surface area contributed by atoms with E-state index in [1.165, 1.54) is 31.2 Å². The highest BCUT2D eigenvalue weighted by molar-refractivity contribution is 5.87. The molecular weight excluding hydrogens is 636 g/mol. The van der Waals surface area contributed by atoms with Gasteiger partial charge in [-0.1, -0.05) is 12.1 Å². The Balaban J connectivity index is 1.96. The first-order valence-electron chi connectivity index (χ1n) is 14.5. The first-order valence-corrected chi connectivity index (χ1v) is 14.5. The third-order valence-electron chi connectivity index (χ3n) is 6.90. The smallest absolute Gasteiger partial charge is 0.308 e. The summed E-state index contributed by atoms with van der Waals surface area (Å²) >= 11 is 0. The Hall–Kier alpha value is -5.57. The van der Waals surface area contributed by atoms with Crippen LogP contribution in [0.1, 0.15) is 53.2 Å². The molecule has 4 rings (SSSR count). The molecule has 0 radical (unpaired) electrons. The van der Waals surface area contributed by atoms with E-state index in [4.69, 9.17) is 37.6 Å².